The normalized spacial score (nSPS) is 11.9. The summed E-state index contributed by atoms with van der Waals surface area (Å²) in [5, 5.41) is 0.835. The van der Waals surface area contributed by atoms with Crippen LogP contribution in [0, 0.1) is 5.82 Å². The molecule has 0 saturated heterocycles. The van der Waals surface area contributed by atoms with Gasteiger partial charge in [0, 0.05) is 11.6 Å². The van der Waals surface area contributed by atoms with Gasteiger partial charge in [-0.2, -0.15) is 0 Å². The smallest absolute Gasteiger partial charge is 0.266 e. The quantitative estimate of drug-likeness (QED) is 0.326. The molecule has 0 fully saturated rings. The van der Waals surface area contributed by atoms with Crippen molar-refractivity contribution < 1.29 is 13.9 Å². The fourth-order valence-electron chi connectivity index (χ4n) is 4.08. The summed E-state index contributed by atoms with van der Waals surface area (Å²) in [6.07, 6.45) is 0.636. The summed E-state index contributed by atoms with van der Waals surface area (Å²) in [5.41, 5.74) is 0.657. The lowest BCUT2D eigenvalue weighted by molar-refractivity contribution is 0.0676. The molecule has 0 saturated carbocycles. The SMILES string of the molecule is CCCN(C(=O)c1ccccc1F)C(C)c1nc2cc(Cl)ccc2c(=O)n1-c1ccc(OC)cc1. The van der Waals surface area contributed by atoms with Gasteiger partial charge in [0.25, 0.3) is 11.5 Å². The van der Waals surface area contributed by atoms with Crippen molar-refractivity contribution in [1.29, 1.82) is 0 Å². The number of carbonyl (C=O) groups is 1. The van der Waals surface area contributed by atoms with Gasteiger partial charge in [0.1, 0.15) is 17.4 Å². The first kappa shape index (κ1) is 24.4. The van der Waals surface area contributed by atoms with Crippen LogP contribution in [0.15, 0.2) is 71.5 Å². The molecule has 6 nitrogen and oxygen atoms in total. The van der Waals surface area contributed by atoms with Crippen LogP contribution in [-0.2, 0) is 0 Å². The molecule has 1 amide bonds. The number of methoxy groups -OCH3 is 1. The van der Waals surface area contributed by atoms with Crippen molar-refractivity contribution in [3.05, 3.63) is 99.3 Å². The zero-order valence-electron chi connectivity index (χ0n) is 19.7. The maximum Gasteiger partial charge on any atom is 0.266 e. The van der Waals surface area contributed by atoms with Gasteiger partial charge in [-0.25, -0.2) is 9.37 Å². The first-order valence-corrected chi connectivity index (χ1v) is 11.7. The number of rotatable bonds is 7. The minimum atomic E-state index is -0.653. The molecule has 8 heteroatoms. The molecule has 0 radical (unpaired) electrons. The highest BCUT2D eigenvalue weighted by Crippen LogP contribution is 2.27. The highest BCUT2D eigenvalue weighted by molar-refractivity contribution is 6.31. The Bertz CT molecular complexity index is 1440. The van der Waals surface area contributed by atoms with Crippen molar-refractivity contribution in [3.8, 4) is 11.4 Å². The minimum absolute atomic E-state index is 0.0324. The molecule has 0 bridgehead atoms. The molecule has 0 N–H and O–H groups in total. The Balaban J connectivity index is 1.93. The van der Waals surface area contributed by atoms with Gasteiger partial charge in [-0.05, 0) is 67.9 Å². The van der Waals surface area contributed by atoms with Crippen LogP contribution in [0.3, 0.4) is 0 Å². The van der Waals surface area contributed by atoms with Gasteiger partial charge in [-0.3, -0.25) is 14.2 Å². The molecule has 1 unspecified atom stereocenters. The fourth-order valence-corrected chi connectivity index (χ4v) is 4.24. The van der Waals surface area contributed by atoms with Crippen LogP contribution >= 0.6 is 11.6 Å². The highest BCUT2D eigenvalue weighted by Gasteiger charge is 2.28. The molecular formula is C27H25ClFN3O3. The predicted molar refractivity (Wildman–Crippen MR) is 135 cm³/mol. The van der Waals surface area contributed by atoms with Crippen molar-refractivity contribution in [3.63, 3.8) is 0 Å². The van der Waals surface area contributed by atoms with Gasteiger partial charge >= 0.3 is 0 Å². The topological polar surface area (TPSA) is 64.4 Å². The third kappa shape index (κ3) is 4.77. The molecule has 0 aliphatic heterocycles. The molecule has 35 heavy (non-hydrogen) atoms. The highest BCUT2D eigenvalue weighted by atomic mass is 35.5. The van der Waals surface area contributed by atoms with Gasteiger partial charge in [0.15, 0.2) is 0 Å². The molecule has 1 aromatic heterocycles. The number of nitrogens with zero attached hydrogens (tertiary/aromatic N) is 3. The molecule has 3 aromatic carbocycles. The standard InChI is InChI=1S/C27H25ClFN3O3/c1-4-15-31(26(33)21-7-5-6-8-23(21)29)17(2)25-30-24-16-18(28)9-14-22(24)27(34)32(25)19-10-12-20(35-3)13-11-19/h5-14,16-17H,4,15H2,1-3H3. The van der Waals surface area contributed by atoms with Gasteiger partial charge < -0.3 is 9.64 Å². The summed E-state index contributed by atoms with van der Waals surface area (Å²) in [4.78, 5) is 33.4. The summed E-state index contributed by atoms with van der Waals surface area (Å²) >= 11 is 6.18. The Morgan fingerprint density at radius 1 is 1.14 bits per heavy atom. The van der Waals surface area contributed by atoms with Crippen LogP contribution < -0.4 is 10.3 Å². The maximum absolute atomic E-state index is 14.5. The van der Waals surface area contributed by atoms with Crippen molar-refractivity contribution in [2.45, 2.75) is 26.3 Å². The third-order valence-electron chi connectivity index (χ3n) is 5.86. The van der Waals surface area contributed by atoms with Gasteiger partial charge in [0.05, 0.1) is 35.3 Å². The molecular weight excluding hydrogens is 469 g/mol. The van der Waals surface area contributed by atoms with Crippen LogP contribution in [0.2, 0.25) is 5.02 Å². The van der Waals surface area contributed by atoms with E-state index in [0.717, 1.165) is 0 Å². The Kier molecular flexibility index (Phi) is 7.17. The first-order valence-electron chi connectivity index (χ1n) is 11.3. The van der Waals surface area contributed by atoms with E-state index in [1.807, 2.05) is 6.92 Å². The molecule has 1 heterocycles. The van der Waals surface area contributed by atoms with Crippen LogP contribution in [0.25, 0.3) is 16.6 Å². The summed E-state index contributed by atoms with van der Waals surface area (Å²) in [6.45, 7) is 4.06. The summed E-state index contributed by atoms with van der Waals surface area (Å²) in [6, 6.07) is 17.1. The van der Waals surface area contributed by atoms with E-state index in [1.165, 1.54) is 27.7 Å². The largest absolute Gasteiger partial charge is 0.497 e. The number of hydrogen-bond acceptors (Lipinski definition) is 4. The molecule has 180 valence electrons. The number of aromatic nitrogens is 2. The molecule has 4 aromatic rings. The zero-order chi connectivity index (χ0) is 25.1. The first-order chi connectivity index (χ1) is 16.8. The van der Waals surface area contributed by atoms with E-state index in [4.69, 9.17) is 21.3 Å². The molecule has 4 rings (SSSR count). The zero-order valence-corrected chi connectivity index (χ0v) is 20.4. The van der Waals surface area contributed by atoms with Crippen molar-refractivity contribution in [2.24, 2.45) is 0 Å². The Morgan fingerprint density at radius 3 is 2.51 bits per heavy atom. The lowest BCUT2D eigenvalue weighted by Crippen LogP contribution is -2.38. The molecule has 1 atom stereocenters. The minimum Gasteiger partial charge on any atom is -0.497 e. The second-order valence-electron chi connectivity index (χ2n) is 8.12. The lowest BCUT2D eigenvalue weighted by atomic mass is 10.1. The van der Waals surface area contributed by atoms with E-state index in [-0.39, 0.29) is 11.1 Å². The van der Waals surface area contributed by atoms with Crippen molar-refractivity contribution >= 4 is 28.4 Å². The number of carbonyl (C=O) groups excluding carboxylic acids is 1. The van der Waals surface area contributed by atoms with Crippen molar-refractivity contribution in [2.75, 3.05) is 13.7 Å². The van der Waals surface area contributed by atoms with Crippen molar-refractivity contribution in [1.82, 2.24) is 14.5 Å². The van der Waals surface area contributed by atoms with E-state index in [9.17, 15) is 14.0 Å². The number of ether oxygens (including phenoxy) is 1. The van der Waals surface area contributed by atoms with Crippen LogP contribution in [-0.4, -0.2) is 34.0 Å². The lowest BCUT2D eigenvalue weighted by Gasteiger charge is -2.30. The second-order valence-corrected chi connectivity index (χ2v) is 8.56. The second kappa shape index (κ2) is 10.3. The average Bonchev–Trinajstić information content (AvgIpc) is 2.86. The van der Waals surface area contributed by atoms with Crippen LogP contribution in [0.4, 0.5) is 4.39 Å². The maximum atomic E-state index is 14.5. The van der Waals surface area contributed by atoms with Gasteiger partial charge in [-0.1, -0.05) is 30.7 Å². The summed E-state index contributed by atoms with van der Waals surface area (Å²) in [7, 11) is 1.56. The van der Waals surface area contributed by atoms with Crippen LogP contribution in [0.5, 0.6) is 5.75 Å². The number of halogens is 2. The number of fused-ring (bicyclic) bond motifs is 1. The molecule has 0 aliphatic carbocycles. The Labute approximate surface area is 207 Å². The van der Waals surface area contributed by atoms with E-state index in [1.54, 1.807) is 62.6 Å². The van der Waals surface area contributed by atoms with Gasteiger partial charge in [-0.15, -0.1) is 0 Å². The third-order valence-corrected chi connectivity index (χ3v) is 6.09. The average molecular weight is 494 g/mol. The van der Waals surface area contributed by atoms with E-state index in [0.29, 0.717) is 46.2 Å². The van der Waals surface area contributed by atoms with E-state index in [2.05, 4.69) is 0 Å². The van der Waals surface area contributed by atoms with Crippen LogP contribution in [0.1, 0.15) is 42.5 Å². The molecule has 0 aliphatic rings. The number of hydrogen-bond donors (Lipinski definition) is 0. The molecule has 0 spiro atoms. The number of amides is 1. The number of benzene rings is 3. The monoisotopic (exact) mass is 493 g/mol. The van der Waals surface area contributed by atoms with E-state index < -0.39 is 17.8 Å². The summed E-state index contributed by atoms with van der Waals surface area (Å²) in [5.74, 6) is -0.0943. The Morgan fingerprint density at radius 2 is 1.86 bits per heavy atom. The van der Waals surface area contributed by atoms with Gasteiger partial charge in [0.2, 0.25) is 0 Å². The van der Waals surface area contributed by atoms with E-state index >= 15 is 0 Å². The predicted octanol–water partition coefficient (Wildman–Crippen LogP) is 5.80. The Hall–Kier alpha value is -3.71. The fraction of sp³-hybridized carbons (Fsp3) is 0.222. The summed E-state index contributed by atoms with van der Waals surface area (Å²) < 4.78 is 21.2.